The maximum Gasteiger partial charge on any atom is 0.336 e. The topological polar surface area (TPSA) is 68.7 Å². The zero-order valence-corrected chi connectivity index (χ0v) is 14.8. The molecule has 0 unspecified atom stereocenters. The van der Waals surface area contributed by atoms with E-state index < -0.39 is 5.97 Å². The molecule has 0 atom stereocenters. The fraction of sp³-hybridized carbons (Fsp3) is 0.143. The Morgan fingerprint density at radius 3 is 2.58 bits per heavy atom. The number of carboxylic acids is 1. The van der Waals surface area contributed by atoms with Gasteiger partial charge in [-0.15, -0.1) is 0 Å². The number of pyridine rings is 1. The number of hydrogen-bond acceptors (Lipinski definition) is 4. The molecule has 1 heterocycles. The largest absolute Gasteiger partial charge is 0.493 e. The lowest BCUT2D eigenvalue weighted by atomic mass is 10.0. The maximum absolute atomic E-state index is 11.6. The van der Waals surface area contributed by atoms with E-state index in [1.54, 1.807) is 26.4 Å². The van der Waals surface area contributed by atoms with Crippen molar-refractivity contribution < 1.29 is 19.4 Å². The molecule has 5 heteroatoms. The van der Waals surface area contributed by atoms with E-state index in [0.29, 0.717) is 28.1 Å². The van der Waals surface area contributed by atoms with Crippen LogP contribution in [-0.4, -0.2) is 30.3 Å². The van der Waals surface area contributed by atoms with Crippen LogP contribution in [0, 0.1) is 6.92 Å². The molecule has 1 aromatic heterocycles. The average molecular weight is 349 g/mol. The third-order valence-corrected chi connectivity index (χ3v) is 4.08. The first kappa shape index (κ1) is 17.5. The first-order chi connectivity index (χ1) is 12.5. The summed E-state index contributed by atoms with van der Waals surface area (Å²) in [6.07, 6.45) is 3.60. The number of nitrogens with zero attached hydrogens (tertiary/aromatic N) is 1. The molecule has 0 fully saturated rings. The van der Waals surface area contributed by atoms with Gasteiger partial charge >= 0.3 is 5.97 Å². The summed E-state index contributed by atoms with van der Waals surface area (Å²) in [6, 6.07) is 12.7. The second-order valence-electron chi connectivity index (χ2n) is 5.84. The first-order valence-corrected chi connectivity index (χ1v) is 8.07. The van der Waals surface area contributed by atoms with Crippen LogP contribution in [0.5, 0.6) is 11.5 Å². The zero-order valence-electron chi connectivity index (χ0n) is 14.8. The molecule has 0 amide bonds. The maximum atomic E-state index is 11.6. The van der Waals surface area contributed by atoms with Gasteiger partial charge in [0.1, 0.15) is 0 Å². The minimum Gasteiger partial charge on any atom is -0.493 e. The van der Waals surface area contributed by atoms with Gasteiger partial charge in [0.25, 0.3) is 0 Å². The monoisotopic (exact) mass is 349 g/mol. The minimum atomic E-state index is -0.975. The van der Waals surface area contributed by atoms with Crippen molar-refractivity contribution in [3.05, 3.63) is 64.8 Å². The van der Waals surface area contributed by atoms with E-state index >= 15 is 0 Å². The summed E-state index contributed by atoms with van der Waals surface area (Å²) in [5.41, 5.74) is 3.24. The molecule has 1 N–H and O–H groups in total. The number of benzene rings is 2. The van der Waals surface area contributed by atoms with Gasteiger partial charge < -0.3 is 14.6 Å². The van der Waals surface area contributed by atoms with Gasteiger partial charge in [0.15, 0.2) is 11.5 Å². The van der Waals surface area contributed by atoms with Crippen LogP contribution >= 0.6 is 0 Å². The molecule has 26 heavy (non-hydrogen) atoms. The molecule has 5 nitrogen and oxygen atoms in total. The second kappa shape index (κ2) is 7.27. The van der Waals surface area contributed by atoms with Crippen molar-refractivity contribution in [2.45, 2.75) is 6.92 Å². The average Bonchev–Trinajstić information content (AvgIpc) is 2.65. The summed E-state index contributed by atoms with van der Waals surface area (Å²) in [5.74, 6) is 0.264. The summed E-state index contributed by atoms with van der Waals surface area (Å²) in [5, 5.41) is 10.2. The van der Waals surface area contributed by atoms with Gasteiger partial charge in [-0.05, 0) is 43.3 Å². The number of aromatic nitrogens is 1. The highest BCUT2D eigenvalue weighted by Gasteiger charge is 2.12. The molecule has 0 aliphatic rings. The summed E-state index contributed by atoms with van der Waals surface area (Å²) < 4.78 is 10.7. The lowest BCUT2D eigenvalue weighted by molar-refractivity contribution is 0.0699. The predicted molar refractivity (Wildman–Crippen MR) is 102 cm³/mol. The number of carbonyl (C=O) groups is 1. The Bertz CT molecular complexity index is 1010. The standard InChI is InChI=1S/C21H19NO4/c1-13-7-10-18-16(11-13)17(21(23)24)12-15(22-18)9-8-14-5-4-6-19(25-2)20(14)26-3/h4-12H,1-3H3,(H,23,24)/b9-8+. The Balaban J connectivity index is 2.08. The Morgan fingerprint density at radius 1 is 1.08 bits per heavy atom. The summed E-state index contributed by atoms with van der Waals surface area (Å²) in [6.45, 7) is 1.92. The second-order valence-corrected chi connectivity index (χ2v) is 5.84. The van der Waals surface area contributed by atoms with Gasteiger partial charge in [0.2, 0.25) is 0 Å². The number of hydrogen-bond donors (Lipinski definition) is 1. The lowest BCUT2D eigenvalue weighted by Crippen LogP contribution is -2.00. The molecule has 2 aromatic carbocycles. The molecule has 0 saturated heterocycles. The molecule has 0 bridgehead atoms. The van der Waals surface area contributed by atoms with Crippen molar-refractivity contribution in [2.75, 3.05) is 14.2 Å². The number of methoxy groups -OCH3 is 2. The molecule has 0 aliphatic carbocycles. The van der Waals surface area contributed by atoms with Crippen LogP contribution in [0.1, 0.15) is 27.2 Å². The molecular weight excluding hydrogens is 330 g/mol. The fourth-order valence-electron chi connectivity index (χ4n) is 2.84. The molecule has 0 aliphatic heterocycles. The van der Waals surface area contributed by atoms with E-state index in [2.05, 4.69) is 4.98 Å². The van der Waals surface area contributed by atoms with Crippen LogP contribution in [0.15, 0.2) is 42.5 Å². The van der Waals surface area contributed by atoms with Gasteiger partial charge in [0, 0.05) is 10.9 Å². The van der Waals surface area contributed by atoms with Crippen LogP contribution in [-0.2, 0) is 0 Å². The van der Waals surface area contributed by atoms with Crippen LogP contribution in [0.4, 0.5) is 0 Å². The SMILES string of the molecule is COc1cccc(/C=C/c2cc(C(=O)O)c3cc(C)ccc3n2)c1OC. The van der Waals surface area contributed by atoms with Gasteiger partial charge in [-0.1, -0.05) is 23.8 Å². The van der Waals surface area contributed by atoms with Crippen LogP contribution in [0.2, 0.25) is 0 Å². The summed E-state index contributed by atoms with van der Waals surface area (Å²) >= 11 is 0. The molecule has 0 spiro atoms. The number of ether oxygens (including phenoxy) is 2. The highest BCUT2D eigenvalue weighted by Crippen LogP contribution is 2.32. The van der Waals surface area contributed by atoms with E-state index in [1.165, 1.54) is 0 Å². The Kier molecular flexibility index (Phi) is 4.89. The van der Waals surface area contributed by atoms with Crippen molar-refractivity contribution in [3.63, 3.8) is 0 Å². The minimum absolute atomic E-state index is 0.232. The van der Waals surface area contributed by atoms with E-state index in [1.807, 2.05) is 49.4 Å². The number of fused-ring (bicyclic) bond motifs is 1. The molecule has 3 aromatic rings. The van der Waals surface area contributed by atoms with Crippen molar-refractivity contribution in [1.29, 1.82) is 0 Å². The molecule has 132 valence electrons. The molecule has 0 radical (unpaired) electrons. The third kappa shape index (κ3) is 3.37. The smallest absolute Gasteiger partial charge is 0.336 e. The van der Waals surface area contributed by atoms with Crippen molar-refractivity contribution in [2.24, 2.45) is 0 Å². The van der Waals surface area contributed by atoms with Crippen molar-refractivity contribution >= 4 is 29.0 Å². The first-order valence-electron chi connectivity index (χ1n) is 8.07. The Labute approximate surface area is 151 Å². The van der Waals surface area contributed by atoms with Crippen LogP contribution in [0.25, 0.3) is 23.1 Å². The number of rotatable bonds is 5. The normalized spacial score (nSPS) is 11.0. The van der Waals surface area contributed by atoms with Crippen molar-refractivity contribution in [3.8, 4) is 11.5 Å². The van der Waals surface area contributed by atoms with E-state index in [4.69, 9.17) is 9.47 Å². The summed E-state index contributed by atoms with van der Waals surface area (Å²) in [7, 11) is 3.16. The molecule has 3 rings (SSSR count). The number of carboxylic acid groups (broad SMARTS) is 1. The zero-order chi connectivity index (χ0) is 18.7. The predicted octanol–water partition coefficient (Wildman–Crippen LogP) is 4.43. The summed E-state index contributed by atoms with van der Waals surface area (Å²) in [4.78, 5) is 16.2. The van der Waals surface area contributed by atoms with Gasteiger partial charge in [-0.25, -0.2) is 9.78 Å². The highest BCUT2D eigenvalue weighted by molar-refractivity contribution is 6.03. The molecule has 0 saturated carbocycles. The van der Waals surface area contributed by atoms with Crippen LogP contribution < -0.4 is 9.47 Å². The molecular formula is C21H19NO4. The van der Waals surface area contributed by atoms with Crippen molar-refractivity contribution in [1.82, 2.24) is 4.98 Å². The van der Waals surface area contributed by atoms with Gasteiger partial charge in [0.05, 0.1) is 31.0 Å². The van der Waals surface area contributed by atoms with E-state index in [-0.39, 0.29) is 5.56 Å². The van der Waals surface area contributed by atoms with Gasteiger partial charge in [-0.3, -0.25) is 0 Å². The number of para-hydroxylation sites is 1. The quantitative estimate of drug-likeness (QED) is 0.738. The number of aryl methyl sites for hydroxylation is 1. The fourth-order valence-corrected chi connectivity index (χ4v) is 2.84. The third-order valence-electron chi connectivity index (χ3n) is 4.08. The van der Waals surface area contributed by atoms with E-state index in [0.717, 1.165) is 11.1 Å². The Hall–Kier alpha value is -3.34. The Morgan fingerprint density at radius 2 is 1.88 bits per heavy atom. The number of aromatic carboxylic acids is 1. The lowest BCUT2D eigenvalue weighted by Gasteiger charge is -2.10. The van der Waals surface area contributed by atoms with E-state index in [9.17, 15) is 9.90 Å². The van der Waals surface area contributed by atoms with Gasteiger partial charge in [-0.2, -0.15) is 0 Å². The highest BCUT2D eigenvalue weighted by atomic mass is 16.5. The van der Waals surface area contributed by atoms with Crippen LogP contribution in [0.3, 0.4) is 0 Å².